The fourth-order valence-corrected chi connectivity index (χ4v) is 3.77. The summed E-state index contributed by atoms with van der Waals surface area (Å²) in [7, 11) is 0. The zero-order valence-corrected chi connectivity index (χ0v) is 15.3. The van der Waals surface area contributed by atoms with Gasteiger partial charge >= 0.3 is 5.97 Å². The first-order valence-electron chi connectivity index (χ1n) is 9.32. The number of piperidine rings is 1. The second kappa shape index (κ2) is 8.46. The molecule has 0 bridgehead atoms. The van der Waals surface area contributed by atoms with Gasteiger partial charge in [-0.2, -0.15) is 5.10 Å². The Bertz CT molecular complexity index is 1020. The third-order valence-corrected chi connectivity index (χ3v) is 5.30. The number of likely N-dealkylation sites (tertiary alicyclic amines) is 1. The van der Waals surface area contributed by atoms with Crippen molar-refractivity contribution in [1.82, 2.24) is 19.7 Å². The van der Waals surface area contributed by atoms with E-state index in [1.165, 1.54) is 12.1 Å². The predicted octanol–water partition coefficient (Wildman–Crippen LogP) is 3.83. The lowest BCUT2D eigenvalue weighted by Gasteiger charge is -2.32. The molecule has 1 fully saturated rings. The van der Waals surface area contributed by atoms with Gasteiger partial charge in [-0.1, -0.05) is 7.43 Å². The SMILES string of the molecule is C.O=C(O)CCC(=O)N1CCC(n2cc(-c3c[nH]c4cc(F)ccc34)cn2)CC1. The van der Waals surface area contributed by atoms with Crippen molar-refractivity contribution < 1.29 is 19.1 Å². The van der Waals surface area contributed by atoms with Crippen molar-refractivity contribution in [2.24, 2.45) is 0 Å². The first-order chi connectivity index (χ1) is 13.5. The second-order valence-corrected chi connectivity index (χ2v) is 7.11. The number of carbonyl (C=O) groups excluding carboxylic acids is 1. The van der Waals surface area contributed by atoms with Gasteiger partial charge in [-0.3, -0.25) is 14.3 Å². The number of carboxylic acid groups (broad SMARTS) is 1. The van der Waals surface area contributed by atoms with Crippen LogP contribution in [0, 0.1) is 5.82 Å². The highest BCUT2D eigenvalue weighted by atomic mass is 19.1. The molecule has 29 heavy (non-hydrogen) atoms. The van der Waals surface area contributed by atoms with Crippen LogP contribution in [0.1, 0.15) is 39.2 Å². The minimum absolute atomic E-state index is 0. The number of fused-ring (bicyclic) bond motifs is 1. The predicted molar refractivity (Wildman–Crippen MR) is 108 cm³/mol. The van der Waals surface area contributed by atoms with Crippen molar-refractivity contribution in [2.75, 3.05) is 13.1 Å². The third-order valence-electron chi connectivity index (χ3n) is 5.30. The largest absolute Gasteiger partial charge is 0.481 e. The van der Waals surface area contributed by atoms with E-state index in [0.29, 0.717) is 13.1 Å². The van der Waals surface area contributed by atoms with Gasteiger partial charge in [0.25, 0.3) is 0 Å². The van der Waals surface area contributed by atoms with Crippen molar-refractivity contribution in [2.45, 2.75) is 39.2 Å². The van der Waals surface area contributed by atoms with E-state index < -0.39 is 5.97 Å². The minimum atomic E-state index is -0.952. The van der Waals surface area contributed by atoms with Gasteiger partial charge in [-0.15, -0.1) is 0 Å². The molecular weight excluding hydrogens is 375 g/mol. The highest BCUT2D eigenvalue weighted by molar-refractivity contribution is 5.95. The molecule has 1 saturated heterocycles. The number of hydrogen-bond donors (Lipinski definition) is 2. The molecule has 3 heterocycles. The van der Waals surface area contributed by atoms with Crippen molar-refractivity contribution in [1.29, 1.82) is 0 Å². The summed E-state index contributed by atoms with van der Waals surface area (Å²) in [6.07, 6.45) is 7.12. The van der Waals surface area contributed by atoms with Crippen LogP contribution in [0.3, 0.4) is 0 Å². The maximum Gasteiger partial charge on any atom is 0.303 e. The number of halogens is 1. The molecule has 4 rings (SSSR count). The molecule has 0 radical (unpaired) electrons. The van der Waals surface area contributed by atoms with Gasteiger partial charge < -0.3 is 15.0 Å². The van der Waals surface area contributed by atoms with Gasteiger partial charge in [0.15, 0.2) is 0 Å². The number of aliphatic carboxylic acids is 1. The van der Waals surface area contributed by atoms with Crippen molar-refractivity contribution >= 4 is 22.8 Å². The first-order valence-corrected chi connectivity index (χ1v) is 9.32. The lowest BCUT2D eigenvalue weighted by Crippen LogP contribution is -2.39. The molecule has 8 heteroatoms. The summed E-state index contributed by atoms with van der Waals surface area (Å²) in [5.41, 5.74) is 2.68. The Kier molecular flexibility index (Phi) is 6.00. The van der Waals surface area contributed by atoms with Crippen molar-refractivity contribution in [3.63, 3.8) is 0 Å². The molecular formula is C21H25FN4O3. The fourth-order valence-electron chi connectivity index (χ4n) is 3.77. The number of nitrogens with one attached hydrogen (secondary N) is 1. The first kappa shape index (κ1) is 20.6. The number of hydrogen-bond acceptors (Lipinski definition) is 3. The molecule has 154 valence electrons. The zero-order chi connectivity index (χ0) is 19.7. The molecule has 2 aromatic heterocycles. The molecule has 1 aliphatic rings. The number of H-pyrrole nitrogens is 1. The number of nitrogens with zero attached hydrogens (tertiary/aromatic N) is 3. The Balaban J connectivity index is 0.00000240. The van der Waals surface area contributed by atoms with E-state index in [1.54, 1.807) is 17.2 Å². The lowest BCUT2D eigenvalue weighted by molar-refractivity contribution is -0.141. The molecule has 0 unspecified atom stereocenters. The van der Waals surface area contributed by atoms with E-state index in [9.17, 15) is 14.0 Å². The highest BCUT2D eigenvalue weighted by Gasteiger charge is 2.24. The van der Waals surface area contributed by atoms with Crippen LogP contribution in [0.4, 0.5) is 4.39 Å². The molecule has 1 amide bonds. The maximum atomic E-state index is 13.4. The Morgan fingerprint density at radius 2 is 2.00 bits per heavy atom. The van der Waals surface area contributed by atoms with Gasteiger partial charge in [0.2, 0.25) is 5.91 Å². The van der Waals surface area contributed by atoms with Crippen LogP contribution in [-0.4, -0.2) is 49.7 Å². The maximum absolute atomic E-state index is 13.4. The van der Waals surface area contributed by atoms with Crippen LogP contribution in [0.15, 0.2) is 36.8 Å². The molecule has 3 aromatic rings. The van der Waals surface area contributed by atoms with Gasteiger partial charge in [0, 0.05) is 53.9 Å². The Hall–Kier alpha value is -3.16. The van der Waals surface area contributed by atoms with Crippen LogP contribution in [-0.2, 0) is 9.59 Å². The highest BCUT2D eigenvalue weighted by Crippen LogP contribution is 2.30. The van der Waals surface area contributed by atoms with Crippen molar-refractivity contribution in [3.05, 3.63) is 42.6 Å². The molecule has 0 saturated carbocycles. The number of aromatic amines is 1. The summed E-state index contributed by atoms with van der Waals surface area (Å²) in [5, 5.41) is 14.2. The summed E-state index contributed by atoms with van der Waals surface area (Å²) >= 11 is 0. The topological polar surface area (TPSA) is 91.2 Å². The summed E-state index contributed by atoms with van der Waals surface area (Å²) in [5.74, 6) is -1.33. The Morgan fingerprint density at radius 1 is 1.24 bits per heavy atom. The standard InChI is InChI=1S/C20H21FN4O3.CH4/c21-14-1-2-16-17(11-22-18(16)9-14)13-10-23-25(12-13)15-5-7-24(8-6-15)19(26)3-4-20(27)28;/h1-2,9-12,15,22H,3-8H2,(H,27,28);1H4. The Morgan fingerprint density at radius 3 is 2.72 bits per heavy atom. The quantitative estimate of drug-likeness (QED) is 0.681. The summed E-state index contributed by atoms with van der Waals surface area (Å²) in [6.45, 7) is 1.20. The van der Waals surface area contributed by atoms with E-state index >= 15 is 0 Å². The molecule has 1 aromatic carbocycles. The van der Waals surface area contributed by atoms with Crippen LogP contribution in [0.25, 0.3) is 22.0 Å². The smallest absolute Gasteiger partial charge is 0.303 e. The summed E-state index contributed by atoms with van der Waals surface area (Å²) in [6, 6.07) is 4.87. The van der Waals surface area contributed by atoms with Gasteiger partial charge in [0.05, 0.1) is 18.7 Å². The monoisotopic (exact) mass is 400 g/mol. The number of carboxylic acids is 1. The van der Waals surface area contributed by atoms with E-state index in [-0.39, 0.29) is 38.0 Å². The number of rotatable bonds is 5. The van der Waals surface area contributed by atoms with E-state index in [0.717, 1.165) is 34.9 Å². The third kappa shape index (κ3) is 4.31. The Labute approximate surface area is 168 Å². The van der Waals surface area contributed by atoms with Crippen molar-refractivity contribution in [3.8, 4) is 11.1 Å². The minimum Gasteiger partial charge on any atom is -0.481 e. The van der Waals surface area contributed by atoms with Crippen LogP contribution in [0.5, 0.6) is 0 Å². The summed E-state index contributed by atoms with van der Waals surface area (Å²) in [4.78, 5) is 27.5. The molecule has 0 aliphatic carbocycles. The summed E-state index contributed by atoms with van der Waals surface area (Å²) < 4.78 is 15.3. The van der Waals surface area contributed by atoms with Crippen LogP contribution < -0.4 is 0 Å². The number of amides is 1. The van der Waals surface area contributed by atoms with E-state index in [1.807, 2.05) is 17.1 Å². The average molecular weight is 400 g/mol. The number of benzene rings is 1. The normalized spacial score (nSPS) is 14.7. The fraction of sp³-hybridized carbons (Fsp3) is 0.381. The lowest BCUT2D eigenvalue weighted by atomic mass is 10.0. The molecule has 0 spiro atoms. The van der Waals surface area contributed by atoms with E-state index in [4.69, 9.17) is 5.11 Å². The van der Waals surface area contributed by atoms with Gasteiger partial charge in [0.1, 0.15) is 5.82 Å². The molecule has 7 nitrogen and oxygen atoms in total. The molecule has 1 aliphatic heterocycles. The second-order valence-electron chi connectivity index (χ2n) is 7.11. The molecule has 2 N–H and O–H groups in total. The number of aromatic nitrogens is 3. The zero-order valence-electron chi connectivity index (χ0n) is 15.3. The van der Waals surface area contributed by atoms with Crippen LogP contribution in [0.2, 0.25) is 0 Å². The van der Waals surface area contributed by atoms with E-state index in [2.05, 4.69) is 10.1 Å². The number of carbonyl (C=O) groups is 2. The average Bonchev–Trinajstić information content (AvgIpc) is 3.32. The van der Waals surface area contributed by atoms with Crippen LogP contribution >= 0.6 is 0 Å². The molecule has 0 atom stereocenters. The van der Waals surface area contributed by atoms with Gasteiger partial charge in [-0.25, -0.2) is 4.39 Å². The van der Waals surface area contributed by atoms with Gasteiger partial charge in [-0.05, 0) is 31.0 Å².